The molecule has 1 aromatic heterocycles. The number of nitrogens with one attached hydrogen (secondary N) is 1. The van der Waals surface area contributed by atoms with Crippen LogP contribution in [0.1, 0.15) is 31.1 Å². The molecule has 0 radical (unpaired) electrons. The lowest BCUT2D eigenvalue weighted by molar-refractivity contribution is 0.0587. The summed E-state index contributed by atoms with van der Waals surface area (Å²) in [5.41, 5.74) is -0.829. The van der Waals surface area contributed by atoms with Crippen molar-refractivity contribution in [1.29, 1.82) is 0 Å². The van der Waals surface area contributed by atoms with Gasteiger partial charge in [-0.25, -0.2) is 14.4 Å². The maximum absolute atomic E-state index is 12.8. The highest BCUT2D eigenvalue weighted by atomic mass is 16.5. The molecular weight excluding hydrogens is 394 g/mol. The van der Waals surface area contributed by atoms with Crippen LogP contribution in [0.25, 0.3) is 11.0 Å². The monoisotopic (exact) mass is 411 g/mol. The van der Waals surface area contributed by atoms with Gasteiger partial charge in [0, 0.05) is 5.39 Å². The number of hydrogen-bond acceptors (Lipinski definition) is 8. The first-order chi connectivity index (χ1) is 14.4. The number of esters is 2. The molecule has 3 rings (SSSR count). The molecule has 1 N–H and O–H groups in total. The van der Waals surface area contributed by atoms with Gasteiger partial charge < -0.3 is 23.9 Å². The predicted octanol–water partition coefficient (Wildman–Crippen LogP) is 2.63. The van der Waals surface area contributed by atoms with Gasteiger partial charge in [-0.15, -0.1) is 0 Å². The lowest BCUT2D eigenvalue weighted by atomic mass is 10.1. The molecular formula is C21H17NO8. The predicted molar refractivity (Wildman–Crippen MR) is 106 cm³/mol. The third kappa shape index (κ3) is 4.00. The third-order valence-electron chi connectivity index (χ3n) is 4.28. The smallest absolute Gasteiger partial charge is 0.349 e. The van der Waals surface area contributed by atoms with Crippen molar-refractivity contribution in [2.45, 2.75) is 0 Å². The summed E-state index contributed by atoms with van der Waals surface area (Å²) in [6.45, 7) is 0. The van der Waals surface area contributed by atoms with Gasteiger partial charge in [-0.3, -0.25) is 4.79 Å². The Hall–Kier alpha value is -4.14. The zero-order valence-electron chi connectivity index (χ0n) is 16.3. The number of amides is 1. The number of rotatable bonds is 5. The van der Waals surface area contributed by atoms with Crippen molar-refractivity contribution >= 4 is 34.5 Å². The van der Waals surface area contributed by atoms with Crippen molar-refractivity contribution in [2.75, 3.05) is 26.6 Å². The van der Waals surface area contributed by atoms with Crippen LogP contribution >= 0.6 is 0 Å². The second-order valence-electron chi connectivity index (χ2n) is 6.05. The Morgan fingerprint density at radius 1 is 0.867 bits per heavy atom. The standard InChI is InChI=1S/C21H17NO8/c1-27-13-5-7-17-12(8-13)9-15(21(26)30-17)18(23)22-16-10-11(19(24)28-2)4-6-14(16)20(25)29-3/h4-10H,1-3H3,(H,22,23). The lowest BCUT2D eigenvalue weighted by Crippen LogP contribution is -2.22. The van der Waals surface area contributed by atoms with Crippen LogP contribution in [0, 0.1) is 0 Å². The zero-order chi connectivity index (χ0) is 21.8. The van der Waals surface area contributed by atoms with Crippen LogP contribution in [0.4, 0.5) is 5.69 Å². The highest BCUT2D eigenvalue weighted by Crippen LogP contribution is 2.23. The Morgan fingerprint density at radius 2 is 1.60 bits per heavy atom. The number of fused-ring (bicyclic) bond motifs is 1. The summed E-state index contributed by atoms with van der Waals surface area (Å²) in [6.07, 6.45) is 0. The van der Waals surface area contributed by atoms with Gasteiger partial charge in [-0.05, 0) is 42.5 Å². The number of carbonyl (C=O) groups is 3. The molecule has 0 aliphatic heterocycles. The van der Waals surface area contributed by atoms with Crippen LogP contribution in [0.5, 0.6) is 5.75 Å². The van der Waals surface area contributed by atoms with Crippen molar-refractivity contribution in [1.82, 2.24) is 0 Å². The molecule has 0 bridgehead atoms. The third-order valence-corrected chi connectivity index (χ3v) is 4.28. The maximum Gasteiger partial charge on any atom is 0.349 e. The van der Waals surface area contributed by atoms with Crippen molar-refractivity contribution < 1.29 is 33.0 Å². The summed E-state index contributed by atoms with van der Waals surface area (Å²) in [5.74, 6) is -1.72. The molecule has 0 unspecified atom stereocenters. The van der Waals surface area contributed by atoms with E-state index in [1.807, 2.05) is 0 Å². The van der Waals surface area contributed by atoms with E-state index in [1.54, 1.807) is 18.2 Å². The molecule has 3 aromatic rings. The second kappa shape index (κ2) is 8.48. The number of carbonyl (C=O) groups excluding carboxylic acids is 3. The van der Waals surface area contributed by atoms with Crippen molar-refractivity contribution in [3.8, 4) is 5.75 Å². The molecule has 154 valence electrons. The molecule has 0 fully saturated rings. The number of anilines is 1. The van der Waals surface area contributed by atoms with Gasteiger partial charge in [0.25, 0.3) is 5.91 Å². The van der Waals surface area contributed by atoms with Crippen molar-refractivity contribution in [2.24, 2.45) is 0 Å². The van der Waals surface area contributed by atoms with E-state index in [4.69, 9.17) is 13.9 Å². The van der Waals surface area contributed by atoms with Crippen LogP contribution < -0.4 is 15.7 Å². The van der Waals surface area contributed by atoms with E-state index >= 15 is 0 Å². The highest BCUT2D eigenvalue weighted by molar-refractivity contribution is 6.09. The van der Waals surface area contributed by atoms with E-state index < -0.39 is 23.5 Å². The molecule has 0 spiro atoms. The molecule has 0 aliphatic carbocycles. The summed E-state index contributed by atoms with van der Waals surface area (Å²) < 4.78 is 19.7. The zero-order valence-corrected chi connectivity index (χ0v) is 16.3. The van der Waals surface area contributed by atoms with Gasteiger partial charge in [0.15, 0.2) is 0 Å². The van der Waals surface area contributed by atoms with Crippen LogP contribution in [0.3, 0.4) is 0 Å². The van der Waals surface area contributed by atoms with Gasteiger partial charge in [-0.2, -0.15) is 0 Å². The summed E-state index contributed by atoms with van der Waals surface area (Å²) in [7, 11) is 3.85. The molecule has 9 nitrogen and oxygen atoms in total. The maximum atomic E-state index is 12.8. The highest BCUT2D eigenvalue weighted by Gasteiger charge is 2.20. The minimum atomic E-state index is -0.867. The minimum Gasteiger partial charge on any atom is -0.497 e. The van der Waals surface area contributed by atoms with Gasteiger partial charge >= 0.3 is 17.6 Å². The Bertz CT molecular complexity index is 1210. The summed E-state index contributed by atoms with van der Waals surface area (Å²) in [6, 6.07) is 10.0. The molecule has 0 saturated heterocycles. The molecule has 9 heteroatoms. The molecule has 2 aromatic carbocycles. The summed E-state index contributed by atoms with van der Waals surface area (Å²) in [4.78, 5) is 48.9. The molecule has 0 atom stereocenters. The van der Waals surface area contributed by atoms with Crippen molar-refractivity contribution in [3.63, 3.8) is 0 Å². The Kier molecular flexibility index (Phi) is 5.82. The topological polar surface area (TPSA) is 121 Å². The van der Waals surface area contributed by atoms with E-state index in [0.717, 1.165) is 0 Å². The minimum absolute atomic E-state index is 0.00894. The Balaban J connectivity index is 2.04. The van der Waals surface area contributed by atoms with Crippen LogP contribution in [-0.2, 0) is 9.47 Å². The number of hydrogen-bond donors (Lipinski definition) is 1. The van der Waals surface area contributed by atoms with Gasteiger partial charge in [0.05, 0.1) is 38.1 Å². The first kappa shape index (κ1) is 20.6. The SMILES string of the molecule is COC(=O)c1ccc(C(=O)OC)c(NC(=O)c2cc3cc(OC)ccc3oc2=O)c1. The quantitative estimate of drug-likeness (QED) is 0.502. The largest absolute Gasteiger partial charge is 0.497 e. The molecule has 0 aliphatic rings. The number of ether oxygens (including phenoxy) is 3. The first-order valence-electron chi connectivity index (χ1n) is 8.62. The van der Waals surface area contributed by atoms with E-state index in [-0.39, 0.29) is 28.0 Å². The average molecular weight is 411 g/mol. The average Bonchev–Trinajstić information content (AvgIpc) is 2.77. The second-order valence-corrected chi connectivity index (χ2v) is 6.05. The molecule has 0 saturated carbocycles. The van der Waals surface area contributed by atoms with Gasteiger partial charge in [0.2, 0.25) is 0 Å². The summed E-state index contributed by atoms with van der Waals surface area (Å²) in [5, 5.41) is 2.92. The fourth-order valence-corrected chi connectivity index (χ4v) is 2.76. The van der Waals surface area contributed by atoms with E-state index in [9.17, 15) is 19.2 Å². The van der Waals surface area contributed by atoms with Gasteiger partial charge in [-0.1, -0.05) is 0 Å². The van der Waals surface area contributed by atoms with Crippen LogP contribution in [0.2, 0.25) is 0 Å². The molecule has 30 heavy (non-hydrogen) atoms. The Labute approximate surface area is 170 Å². The Morgan fingerprint density at radius 3 is 2.27 bits per heavy atom. The van der Waals surface area contributed by atoms with Crippen LogP contribution in [0.15, 0.2) is 51.7 Å². The van der Waals surface area contributed by atoms with Crippen molar-refractivity contribution in [3.05, 3.63) is 69.6 Å². The van der Waals surface area contributed by atoms with E-state index in [0.29, 0.717) is 11.1 Å². The summed E-state index contributed by atoms with van der Waals surface area (Å²) >= 11 is 0. The fraction of sp³-hybridized carbons (Fsp3) is 0.143. The van der Waals surface area contributed by atoms with E-state index in [1.165, 1.54) is 45.6 Å². The number of benzene rings is 2. The molecule has 1 heterocycles. The van der Waals surface area contributed by atoms with Crippen LogP contribution in [-0.4, -0.2) is 39.2 Å². The van der Waals surface area contributed by atoms with E-state index in [2.05, 4.69) is 10.1 Å². The fourth-order valence-electron chi connectivity index (χ4n) is 2.76. The van der Waals surface area contributed by atoms with Gasteiger partial charge in [0.1, 0.15) is 16.9 Å². The first-order valence-corrected chi connectivity index (χ1v) is 8.62. The lowest BCUT2D eigenvalue weighted by Gasteiger charge is -2.11. The number of methoxy groups -OCH3 is 3. The normalized spacial score (nSPS) is 10.4. The molecule has 1 amide bonds.